The Morgan fingerprint density at radius 1 is 1.25 bits per heavy atom. The number of carbonyl (C=O) groups is 1. The molecule has 1 saturated heterocycles. The number of carbonyl (C=O) groups excluding carboxylic acids is 1. The summed E-state index contributed by atoms with van der Waals surface area (Å²) in [7, 11) is -3.84. The second-order valence-corrected chi connectivity index (χ2v) is 7.23. The van der Waals surface area contributed by atoms with E-state index in [0.717, 1.165) is 17.0 Å². The van der Waals surface area contributed by atoms with Crippen molar-refractivity contribution in [2.75, 3.05) is 17.2 Å². The first-order valence-corrected chi connectivity index (χ1v) is 8.45. The fourth-order valence-corrected chi connectivity index (χ4v) is 3.61. The lowest BCUT2D eigenvalue weighted by molar-refractivity contribution is -0.392. The molecule has 12 heteroatoms. The summed E-state index contributed by atoms with van der Waals surface area (Å²) in [4.78, 5) is 33.9. The largest absolute Gasteiger partial charge is 0.300 e. The van der Waals surface area contributed by atoms with Crippen molar-refractivity contribution >= 4 is 33.0 Å². The number of nitrogens with zero attached hydrogens (tertiary/aromatic N) is 3. The van der Waals surface area contributed by atoms with E-state index in [4.69, 9.17) is 5.14 Å². The van der Waals surface area contributed by atoms with E-state index in [-0.39, 0.29) is 13.0 Å². The van der Waals surface area contributed by atoms with E-state index in [1.165, 1.54) is 6.92 Å². The molecule has 1 aromatic rings. The Labute approximate surface area is 136 Å². The van der Waals surface area contributed by atoms with E-state index in [1.54, 1.807) is 0 Å². The third-order valence-electron chi connectivity index (χ3n) is 3.55. The summed E-state index contributed by atoms with van der Waals surface area (Å²) in [5, 5.41) is 27.5. The molecule has 11 nitrogen and oxygen atoms in total. The van der Waals surface area contributed by atoms with E-state index in [0.29, 0.717) is 5.56 Å². The SMILES string of the molecule is Cc1cc([N+](=O)[O-])c(N2CC(CS(N)(=O)=O)CC2=O)c([N+](=O)[O-])c1. The molecule has 1 fully saturated rings. The van der Waals surface area contributed by atoms with Crippen LogP contribution in [0.4, 0.5) is 17.1 Å². The van der Waals surface area contributed by atoms with Crippen LogP contribution in [0.15, 0.2) is 12.1 Å². The number of hydrogen-bond acceptors (Lipinski definition) is 7. The van der Waals surface area contributed by atoms with Gasteiger partial charge in [0.05, 0.1) is 15.6 Å². The number of nitro groups is 2. The van der Waals surface area contributed by atoms with Gasteiger partial charge in [0, 0.05) is 31.0 Å². The number of nitrogens with two attached hydrogens (primary N) is 1. The van der Waals surface area contributed by atoms with E-state index in [1.807, 2.05) is 0 Å². The molecule has 1 atom stereocenters. The number of nitro benzene ring substituents is 2. The summed E-state index contributed by atoms with van der Waals surface area (Å²) in [6, 6.07) is 2.26. The van der Waals surface area contributed by atoms with E-state index in [9.17, 15) is 33.4 Å². The highest BCUT2D eigenvalue weighted by atomic mass is 32.2. The molecular formula is C12H14N4O7S. The van der Waals surface area contributed by atoms with Crippen LogP contribution in [0.1, 0.15) is 12.0 Å². The summed E-state index contributed by atoms with van der Waals surface area (Å²) in [6.07, 6.45) is -0.210. The van der Waals surface area contributed by atoms with Crippen LogP contribution < -0.4 is 10.0 Å². The van der Waals surface area contributed by atoms with E-state index >= 15 is 0 Å². The van der Waals surface area contributed by atoms with Crippen molar-refractivity contribution in [2.24, 2.45) is 11.1 Å². The van der Waals surface area contributed by atoms with Crippen LogP contribution in [0, 0.1) is 33.1 Å². The molecule has 1 aromatic carbocycles. The standard InChI is InChI=1S/C12H14N4O7S/c1-7-2-9(15(18)19)12(10(3-7)16(20)21)14-5-8(4-11(14)17)6-24(13,22)23/h2-3,8H,4-6H2,1H3,(H2,13,22,23). The number of rotatable bonds is 5. The first-order chi connectivity index (χ1) is 11.0. The molecular weight excluding hydrogens is 344 g/mol. The lowest BCUT2D eigenvalue weighted by Gasteiger charge is -2.17. The van der Waals surface area contributed by atoms with Gasteiger partial charge in [-0.1, -0.05) is 0 Å². The molecule has 0 saturated carbocycles. The third-order valence-corrected chi connectivity index (χ3v) is 4.49. The van der Waals surface area contributed by atoms with Crippen molar-refractivity contribution in [3.8, 4) is 0 Å². The fourth-order valence-electron chi connectivity index (χ4n) is 2.73. The topological polar surface area (TPSA) is 167 Å². The smallest absolute Gasteiger partial charge is 0.300 e. The maximum absolute atomic E-state index is 12.2. The summed E-state index contributed by atoms with van der Waals surface area (Å²) in [5.41, 5.74) is -1.29. The van der Waals surface area contributed by atoms with Gasteiger partial charge in [0.2, 0.25) is 21.6 Å². The molecule has 1 aliphatic heterocycles. The highest BCUT2D eigenvalue weighted by molar-refractivity contribution is 7.89. The molecule has 0 aromatic heterocycles. The number of aryl methyl sites for hydroxylation is 1. The molecule has 24 heavy (non-hydrogen) atoms. The predicted molar refractivity (Wildman–Crippen MR) is 82.9 cm³/mol. The van der Waals surface area contributed by atoms with Crippen LogP contribution in [0.5, 0.6) is 0 Å². The van der Waals surface area contributed by atoms with Gasteiger partial charge in [0.25, 0.3) is 11.4 Å². The Morgan fingerprint density at radius 3 is 2.17 bits per heavy atom. The molecule has 2 rings (SSSR count). The Kier molecular flexibility index (Phi) is 4.53. The van der Waals surface area contributed by atoms with Crippen LogP contribution in [0.25, 0.3) is 0 Å². The summed E-state index contributed by atoms with van der Waals surface area (Å²) >= 11 is 0. The van der Waals surface area contributed by atoms with Crippen LogP contribution >= 0.6 is 0 Å². The zero-order chi connectivity index (χ0) is 18.2. The Morgan fingerprint density at radius 2 is 1.75 bits per heavy atom. The van der Waals surface area contributed by atoms with E-state index < -0.39 is 54.5 Å². The van der Waals surface area contributed by atoms with Gasteiger partial charge in [-0.25, -0.2) is 13.6 Å². The van der Waals surface area contributed by atoms with Crippen LogP contribution in [-0.2, 0) is 14.8 Å². The number of anilines is 1. The first-order valence-electron chi connectivity index (χ1n) is 6.74. The number of amides is 1. The second-order valence-electron chi connectivity index (χ2n) is 5.57. The van der Waals surface area contributed by atoms with Crippen LogP contribution in [-0.4, -0.2) is 36.5 Å². The van der Waals surface area contributed by atoms with Gasteiger partial charge in [-0.05, 0) is 12.5 Å². The van der Waals surface area contributed by atoms with E-state index in [2.05, 4.69) is 0 Å². The molecule has 2 N–H and O–H groups in total. The molecule has 1 aliphatic rings. The summed E-state index contributed by atoms with van der Waals surface area (Å²) < 4.78 is 22.3. The van der Waals surface area contributed by atoms with Crippen molar-refractivity contribution in [3.63, 3.8) is 0 Å². The Balaban J connectivity index is 2.53. The number of primary sulfonamides is 1. The van der Waals surface area contributed by atoms with Crippen molar-refractivity contribution in [1.29, 1.82) is 0 Å². The fraction of sp³-hybridized carbons (Fsp3) is 0.417. The quantitative estimate of drug-likeness (QED) is 0.589. The lowest BCUT2D eigenvalue weighted by atomic mass is 10.1. The second kappa shape index (κ2) is 6.13. The molecule has 0 bridgehead atoms. The summed E-state index contributed by atoms with van der Waals surface area (Å²) in [6.45, 7) is 1.26. The maximum atomic E-state index is 12.2. The van der Waals surface area contributed by atoms with Gasteiger partial charge < -0.3 is 4.90 Å². The van der Waals surface area contributed by atoms with Crippen LogP contribution in [0.3, 0.4) is 0 Å². The highest BCUT2D eigenvalue weighted by Crippen LogP contribution is 2.41. The molecule has 0 spiro atoms. The average molecular weight is 358 g/mol. The number of benzene rings is 1. The number of hydrogen-bond donors (Lipinski definition) is 1. The minimum atomic E-state index is -3.84. The maximum Gasteiger partial charge on any atom is 0.300 e. The van der Waals surface area contributed by atoms with Gasteiger partial charge >= 0.3 is 0 Å². The van der Waals surface area contributed by atoms with Gasteiger partial charge in [-0.15, -0.1) is 0 Å². The Bertz CT molecular complexity index is 801. The minimum Gasteiger partial charge on any atom is -0.300 e. The zero-order valence-electron chi connectivity index (χ0n) is 12.5. The van der Waals surface area contributed by atoms with Gasteiger partial charge in [0.1, 0.15) is 0 Å². The molecule has 130 valence electrons. The van der Waals surface area contributed by atoms with Gasteiger partial charge in [0.15, 0.2) is 0 Å². The van der Waals surface area contributed by atoms with Crippen molar-refractivity contribution < 1.29 is 23.1 Å². The van der Waals surface area contributed by atoms with Crippen molar-refractivity contribution in [3.05, 3.63) is 37.9 Å². The molecule has 1 heterocycles. The molecule has 0 aliphatic carbocycles. The molecule has 1 amide bonds. The van der Waals surface area contributed by atoms with Gasteiger partial charge in [-0.2, -0.15) is 0 Å². The highest BCUT2D eigenvalue weighted by Gasteiger charge is 2.40. The molecule has 0 radical (unpaired) electrons. The normalized spacial score (nSPS) is 18.0. The van der Waals surface area contributed by atoms with Crippen LogP contribution in [0.2, 0.25) is 0 Å². The Hall–Kier alpha value is -2.60. The van der Waals surface area contributed by atoms with Crippen molar-refractivity contribution in [2.45, 2.75) is 13.3 Å². The first kappa shape index (κ1) is 17.7. The number of sulfonamides is 1. The average Bonchev–Trinajstić information content (AvgIpc) is 2.75. The monoisotopic (exact) mass is 358 g/mol. The predicted octanol–water partition coefficient (Wildman–Crippen LogP) is 0.453. The minimum absolute atomic E-state index is 0.194. The third kappa shape index (κ3) is 3.65. The van der Waals surface area contributed by atoms with Crippen molar-refractivity contribution in [1.82, 2.24) is 0 Å². The summed E-state index contributed by atoms with van der Waals surface area (Å²) in [5.74, 6) is -1.80. The molecule has 1 unspecified atom stereocenters. The van der Waals surface area contributed by atoms with Gasteiger partial charge in [-0.3, -0.25) is 25.0 Å². The lowest BCUT2D eigenvalue weighted by Crippen LogP contribution is -2.28. The zero-order valence-corrected chi connectivity index (χ0v) is 13.4.